The van der Waals surface area contributed by atoms with Gasteiger partial charge in [0.15, 0.2) is 0 Å². The molecule has 0 spiro atoms. The Morgan fingerprint density at radius 2 is 2.18 bits per heavy atom. The van der Waals surface area contributed by atoms with Crippen LogP contribution in [0.2, 0.25) is 5.02 Å². The lowest BCUT2D eigenvalue weighted by Crippen LogP contribution is -2.39. The fourth-order valence-corrected chi connectivity index (χ4v) is 2.06. The number of nitrogens with one attached hydrogen (secondary N) is 1. The summed E-state index contributed by atoms with van der Waals surface area (Å²) in [6.45, 7) is 3.96. The number of halogens is 1. The third-order valence-corrected chi connectivity index (χ3v) is 3.15. The number of nitrogens with two attached hydrogens (primary N) is 1. The summed E-state index contributed by atoms with van der Waals surface area (Å²) in [6, 6.07) is 5.37. The molecule has 0 bridgehead atoms. The molecule has 0 saturated carbocycles. The lowest BCUT2D eigenvalue weighted by atomic mass is 9.79. The van der Waals surface area contributed by atoms with E-state index in [0.717, 1.165) is 11.3 Å². The van der Waals surface area contributed by atoms with Crippen LogP contribution in [0.4, 0.5) is 5.69 Å². The third-order valence-electron chi connectivity index (χ3n) is 2.81. The molecule has 0 atom stereocenters. The molecule has 0 saturated heterocycles. The summed E-state index contributed by atoms with van der Waals surface area (Å²) >= 11 is 5.88. The molecule has 1 aliphatic rings. The molecule has 0 radical (unpaired) electrons. The summed E-state index contributed by atoms with van der Waals surface area (Å²) in [7, 11) is 0. The molecular formula is C12H14ClN3O. The van der Waals surface area contributed by atoms with Crippen molar-refractivity contribution in [3.8, 4) is 0 Å². The van der Waals surface area contributed by atoms with Crippen molar-refractivity contribution in [2.24, 2.45) is 10.5 Å². The molecule has 2 rings (SSSR count). The lowest BCUT2D eigenvalue weighted by molar-refractivity contribution is -0.122. The van der Waals surface area contributed by atoms with Gasteiger partial charge in [-0.3, -0.25) is 4.79 Å². The number of rotatable bonds is 1. The molecule has 0 aliphatic carbocycles. The Balaban J connectivity index is 2.45. The fraction of sp³-hybridized carbons (Fsp3) is 0.333. The van der Waals surface area contributed by atoms with Crippen molar-refractivity contribution in [3.05, 3.63) is 28.8 Å². The quantitative estimate of drug-likeness (QED) is 0.751. The number of benzene rings is 1. The van der Waals surface area contributed by atoms with Crippen molar-refractivity contribution in [1.82, 2.24) is 5.43 Å². The molecule has 1 aromatic rings. The minimum absolute atomic E-state index is 0.0688. The summed E-state index contributed by atoms with van der Waals surface area (Å²) in [5.74, 6) is -0.0688. The maximum absolute atomic E-state index is 11.3. The number of carbonyl (C=O) groups is 1. The molecular weight excluding hydrogens is 238 g/mol. The highest BCUT2D eigenvalue weighted by Gasteiger charge is 2.33. The number of nitrogens with zero attached hydrogens (tertiary/aromatic N) is 1. The van der Waals surface area contributed by atoms with Crippen molar-refractivity contribution in [2.75, 3.05) is 5.73 Å². The Kier molecular flexibility index (Phi) is 2.83. The van der Waals surface area contributed by atoms with Gasteiger partial charge in [0, 0.05) is 17.4 Å². The van der Waals surface area contributed by atoms with E-state index in [1.807, 2.05) is 19.9 Å². The van der Waals surface area contributed by atoms with E-state index in [2.05, 4.69) is 10.5 Å². The number of hydrogen-bond acceptors (Lipinski definition) is 3. The van der Waals surface area contributed by atoms with Crippen LogP contribution in [-0.4, -0.2) is 11.6 Å². The van der Waals surface area contributed by atoms with E-state index in [4.69, 9.17) is 17.3 Å². The van der Waals surface area contributed by atoms with Crippen LogP contribution in [0.1, 0.15) is 25.8 Å². The molecule has 0 fully saturated rings. The Bertz CT molecular complexity index is 508. The molecule has 4 nitrogen and oxygen atoms in total. The molecule has 0 aromatic heterocycles. The largest absolute Gasteiger partial charge is 0.398 e. The molecule has 90 valence electrons. The van der Waals surface area contributed by atoms with Crippen molar-refractivity contribution in [3.63, 3.8) is 0 Å². The average Bonchev–Trinajstić information content (AvgIpc) is 2.21. The Hall–Kier alpha value is -1.55. The van der Waals surface area contributed by atoms with Gasteiger partial charge in [0.1, 0.15) is 0 Å². The Morgan fingerprint density at radius 3 is 2.76 bits per heavy atom. The molecule has 0 unspecified atom stereocenters. The van der Waals surface area contributed by atoms with Crippen molar-refractivity contribution in [2.45, 2.75) is 20.3 Å². The highest BCUT2D eigenvalue weighted by Crippen LogP contribution is 2.31. The second-order valence-electron chi connectivity index (χ2n) is 4.79. The van der Waals surface area contributed by atoms with E-state index in [1.54, 1.807) is 12.1 Å². The SMILES string of the molecule is CC1(C)CC(=O)NN=C1c1ccc(Cl)c(N)c1. The van der Waals surface area contributed by atoms with E-state index < -0.39 is 0 Å². The van der Waals surface area contributed by atoms with E-state index >= 15 is 0 Å². The molecule has 1 heterocycles. The van der Waals surface area contributed by atoms with E-state index in [-0.39, 0.29) is 11.3 Å². The molecule has 3 N–H and O–H groups in total. The van der Waals surface area contributed by atoms with Gasteiger partial charge < -0.3 is 5.73 Å². The summed E-state index contributed by atoms with van der Waals surface area (Å²) < 4.78 is 0. The Labute approximate surface area is 105 Å². The van der Waals surface area contributed by atoms with Gasteiger partial charge in [-0.25, -0.2) is 5.43 Å². The van der Waals surface area contributed by atoms with Gasteiger partial charge in [-0.15, -0.1) is 0 Å². The summed E-state index contributed by atoms with van der Waals surface area (Å²) in [5.41, 5.74) is 10.2. The monoisotopic (exact) mass is 251 g/mol. The summed E-state index contributed by atoms with van der Waals surface area (Å²) in [5, 5.41) is 4.64. The number of hydrogen-bond donors (Lipinski definition) is 2. The zero-order chi connectivity index (χ0) is 12.6. The van der Waals surface area contributed by atoms with Crippen LogP contribution in [0.3, 0.4) is 0 Å². The van der Waals surface area contributed by atoms with Gasteiger partial charge in [0.05, 0.1) is 16.4 Å². The van der Waals surface area contributed by atoms with Crippen LogP contribution in [0.25, 0.3) is 0 Å². The number of hydrazone groups is 1. The predicted molar refractivity (Wildman–Crippen MR) is 68.9 cm³/mol. The van der Waals surface area contributed by atoms with E-state index in [9.17, 15) is 4.79 Å². The van der Waals surface area contributed by atoms with Gasteiger partial charge in [-0.1, -0.05) is 31.5 Å². The predicted octanol–water partition coefficient (Wildman–Crippen LogP) is 2.17. The second-order valence-corrected chi connectivity index (χ2v) is 5.20. The van der Waals surface area contributed by atoms with Crippen LogP contribution >= 0.6 is 11.6 Å². The van der Waals surface area contributed by atoms with Crippen LogP contribution in [0.5, 0.6) is 0 Å². The van der Waals surface area contributed by atoms with E-state index in [0.29, 0.717) is 17.1 Å². The normalized spacial score (nSPS) is 18.5. The Morgan fingerprint density at radius 1 is 1.47 bits per heavy atom. The minimum atomic E-state index is -0.303. The van der Waals surface area contributed by atoms with Gasteiger partial charge in [-0.2, -0.15) is 5.10 Å². The van der Waals surface area contributed by atoms with E-state index in [1.165, 1.54) is 0 Å². The first-order valence-corrected chi connectivity index (χ1v) is 5.70. The zero-order valence-electron chi connectivity index (χ0n) is 9.75. The number of carbonyl (C=O) groups excluding carboxylic acids is 1. The van der Waals surface area contributed by atoms with Crippen molar-refractivity contribution in [1.29, 1.82) is 0 Å². The van der Waals surface area contributed by atoms with Crippen LogP contribution in [0, 0.1) is 5.41 Å². The van der Waals surface area contributed by atoms with Crippen LogP contribution in [0.15, 0.2) is 23.3 Å². The number of anilines is 1. The molecule has 1 aromatic carbocycles. The maximum atomic E-state index is 11.3. The lowest BCUT2D eigenvalue weighted by Gasteiger charge is -2.29. The number of nitrogen functional groups attached to an aromatic ring is 1. The molecule has 1 aliphatic heterocycles. The molecule has 17 heavy (non-hydrogen) atoms. The van der Waals surface area contributed by atoms with Gasteiger partial charge in [-0.05, 0) is 12.1 Å². The average molecular weight is 252 g/mol. The first-order valence-electron chi connectivity index (χ1n) is 5.32. The number of amides is 1. The third kappa shape index (κ3) is 2.26. The van der Waals surface area contributed by atoms with Gasteiger partial charge in [0.25, 0.3) is 0 Å². The van der Waals surface area contributed by atoms with Gasteiger partial charge in [0.2, 0.25) is 5.91 Å². The van der Waals surface area contributed by atoms with Crippen molar-refractivity contribution >= 4 is 28.9 Å². The fourth-order valence-electron chi connectivity index (χ4n) is 1.94. The topological polar surface area (TPSA) is 67.5 Å². The van der Waals surface area contributed by atoms with Crippen molar-refractivity contribution < 1.29 is 4.79 Å². The second kappa shape index (κ2) is 4.04. The zero-order valence-corrected chi connectivity index (χ0v) is 10.5. The highest BCUT2D eigenvalue weighted by atomic mass is 35.5. The minimum Gasteiger partial charge on any atom is -0.398 e. The van der Waals surface area contributed by atoms with Crippen LogP contribution in [-0.2, 0) is 4.79 Å². The van der Waals surface area contributed by atoms with Gasteiger partial charge >= 0.3 is 0 Å². The smallest absolute Gasteiger partial charge is 0.241 e. The first-order chi connectivity index (χ1) is 7.90. The molecule has 5 heteroatoms. The molecule has 1 amide bonds. The summed E-state index contributed by atoms with van der Waals surface area (Å²) in [4.78, 5) is 11.3. The first kappa shape index (κ1) is 11.9. The maximum Gasteiger partial charge on any atom is 0.241 e. The highest BCUT2D eigenvalue weighted by molar-refractivity contribution is 6.33. The standard InChI is InChI=1S/C12H14ClN3O/c1-12(2)6-10(17)15-16-11(12)7-3-4-8(13)9(14)5-7/h3-5H,6,14H2,1-2H3,(H,15,17). The summed E-state index contributed by atoms with van der Waals surface area (Å²) in [6.07, 6.45) is 0.411. The van der Waals surface area contributed by atoms with Crippen LogP contribution < -0.4 is 11.2 Å².